The van der Waals surface area contributed by atoms with Crippen molar-refractivity contribution in [3.63, 3.8) is 0 Å². The molecule has 0 radical (unpaired) electrons. The summed E-state index contributed by atoms with van der Waals surface area (Å²) in [5.41, 5.74) is 1.29. The Hall–Kier alpha value is -2.40. The lowest BCUT2D eigenvalue weighted by Gasteiger charge is -2.14. The van der Waals surface area contributed by atoms with E-state index in [1.807, 2.05) is 24.3 Å². The number of halogens is 1. The minimum atomic E-state index is -1.08. The Labute approximate surface area is 152 Å². The molecule has 1 N–H and O–H groups in total. The third-order valence-corrected chi connectivity index (χ3v) is 3.90. The molecule has 0 aliphatic heterocycles. The Morgan fingerprint density at radius 3 is 2.32 bits per heavy atom. The molecule has 0 bridgehead atoms. The molecule has 0 heterocycles. The van der Waals surface area contributed by atoms with Gasteiger partial charge in [-0.1, -0.05) is 37.6 Å². The monoisotopic (exact) mass is 364 g/mol. The van der Waals surface area contributed by atoms with E-state index >= 15 is 0 Å². The maximum atomic E-state index is 11.0. The van der Waals surface area contributed by atoms with Crippen molar-refractivity contribution in [1.29, 1.82) is 0 Å². The maximum absolute atomic E-state index is 11.0. The number of ether oxygens (including phenoxy) is 3. The Kier molecular flexibility index (Phi) is 6.53. The average molecular weight is 365 g/mol. The predicted molar refractivity (Wildman–Crippen MR) is 96.5 cm³/mol. The number of rotatable bonds is 8. The molecule has 0 saturated heterocycles. The molecule has 0 fully saturated rings. The van der Waals surface area contributed by atoms with Gasteiger partial charge in [0.25, 0.3) is 0 Å². The van der Waals surface area contributed by atoms with Gasteiger partial charge in [-0.05, 0) is 35.7 Å². The summed E-state index contributed by atoms with van der Waals surface area (Å²) in [6.45, 7) is 4.84. The third-order valence-electron chi connectivity index (χ3n) is 3.62. The highest BCUT2D eigenvalue weighted by molar-refractivity contribution is 6.32. The van der Waals surface area contributed by atoms with Gasteiger partial charge in [-0.15, -0.1) is 0 Å². The summed E-state index contributed by atoms with van der Waals surface area (Å²) in [6, 6.07) is 10.6. The van der Waals surface area contributed by atoms with Gasteiger partial charge >= 0.3 is 5.97 Å². The van der Waals surface area contributed by atoms with E-state index < -0.39 is 5.97 Å². The van der Waals surface area contributed by atoms with Gasteiger partial charge in [-0.3, -0.25) is 0 Å². The average Bonchev–Trinajstić information content (AvgIpc) is 2.59. The van der Waals surface area contributed by atoms with Crippen molar-refractivity contribution in [2.45, 2.75) is 19.8 Å². The quantitative estimate of drug-likeness (QED) is 0.692. The number of carboxylic acids is 1. The lowest BCUT2D eigenvalue weighted by atomic mass is 10.0. The van der Waals surface area contributed by atoms with E-state index in [2.05, 4.69) is 13.8 Å². The summed E-state index contributed by atoms with van der Waals surface area (Å²) in [6.07, 6.45) is 0. The largest absolute Gasteiger partial charge is 0.493 e. The summed E-state index contributed by atoms with van der Waals surface area (Å²) in [7, 11) is 1.43. The van der Waals surface area contributed by atoms with Crippen LogP contribution in [0, 0.1) is 0 Å². The van der Waals surface area contributed by atoms with Crippen molar-refractivity contribution < 1.29 is 24.1 Å². The Bertz CT molecular complexity index is 725. The smallest absolute Gasteiger partial charge is 0.335 e. The summed E-state index contributed by atoms with van der Waals surface area (Å²) < 4.78 is 16.4. The van der Waals surface area contributed by atoms with Crippen LogP contribution in [0.5, 0.6) is 17.2 Å². The molecule has 0 saturated carbocycles. The fourth-order valence-corrected chi connectivity index (χ4v) is 2.50. The van der Waals surface area contributed by atoms with Crippen LogP contribution in [0.25, 0.3) is 0 Å². The van der Waals surface area contributed by atoms with Crippen LogP contribution in [-0.4, -0.2) is 31.4 Å². The number of hydrogen-bond donors (Lipinski definition) is 1. The zero-order valence-corrected chi connectivity index (χ0v) is 15.2. The van der Waals surface area contributed by atoms with Gasteiger partial charge in [0.2, 0.25) is 0 Å². The van der Waals surface area contributed by atoms with E-state index in [-0.39, 0.29) is 22.9 Å². The lowest BCUT2D eigenvalue weighted by molar-refractivity contribution is 0.0696. The minimum absolute atomic E-state index is 0.0377. The zero-order valence-electron chi connectivity index (χ0n) is 14.4. The molecule has 2 aromatic rings. The fraction of sp³-hybridized carbons (Fsp3) is 0.316. The molecule has 6 heteroatoms. The molecule has 0 spiro atoms. The van der Waals surface area contributed by atoms with Crippen LogP contribution < -0.4 is 14.2 Å². The second-order valence-electron chi connectivity index (χ2n) is 5.72. The highest BCUT2D eigenvalue weighted by Gasteiger charge is 2.15. The number of methoxy groups -OCH3 is 1. The van der Waals surface area contributed by atoms with Crippen molar-refractivity contribution >= 4 is 17.6 Å². The van der Waals surface area contributed by atoms with Crippen molar-refractivity contribution in [3.8, 4) is 17.2 Å². The SMILES string of the molecule is COc1cc(C(=O)O)cc(Cl)c1OCCOc1ccc(C(C)C)cc1. The van der Waals surface area contributed by atoms with Crippen molar-refractivity contribution in [3.05, 3.63) is 52.5 Å². The highest BCUT2D eigenvalue weighted by Crippen LogP contribution is 2.36. The minimum Gasteiger partial charge on any atom is -0.493 e. The molecule has 0 aliphatic rings. The van der Waals surface area contributed by atoms with Crippen molar-refractivity contribution in [2.75, 3.05) is 20.3 Å². The van der Waals surface area contributed by atoms with E-state index in [9.17, 15) is 4.79 Å². The topological polar surface area (TPSA) is 65.0 Å². The third kappa shape index (κ3) is 5.03. The zero-order chi connectivity index (χ0) is 18.4. The molecular weight excluding hydrogens is 344 g/mol. The van der Waals surface area contributed by atoms with Gasteiger partial charge in [0.15, 0.2) is 11.5 Å². The summed E-state index contributed by atoms with van der Waals surface area (Å²) >= 11 is 6.09. The van der Waals surface area contributed by atoms with Gasteiger partial charge in [0, 0.05) is 0 Å². The van der Waals surface area contributed by atoms with Gasteiger partial charge in [0.05, 0.1) is 17.7 Å². The molecule has 134 valence electrons. The number of carbonyl (C=O) groups is 1. The number of aromatic carboxylic acids is 1. The molecule has 0 atom stereocenters. The molecule has 0 amide bonds. The molecule has 5 nitrogen and oxygen atoms in total. The van der Waals surface area contributed by atoms with E-state index in [1.54, 1.807) is 0 Å². The standard InChI is InChI=1S/C19H21ClO5/c1-12(2)13-4-6-15(7-5-13)24-8-9-25-18-16(20)10-14(19(21)22)11-17(18)23-3/h4-7,10-12H,8-9H2,1-3H3,(H,21,22). The normalized spacial score (nSPS) is 10.6. The van der Waals surface area contributed by atoms with Crippen LogP contribution in [0.2, 0.25) is 5.02 Å². The highest BCUT2D eigenvalue weighted by atomic mass is 35.5. The molecule has 2 aromatic carbocycles. The molecule has 0 aliphatic carbocycles. The summed E-state index contributed by atoms with van der Waals surface area (Å²) in [5.74, 6) is 0.715. The number of carboxylic acid groups (broad SMARTS) is 1. The molecule has 25 heavy (non-hydrogen) atoms. The lowest BCUT2D eigenvalue weighted by Crippen LogP contribution is -2.10. The summed E-state index contributed by atoms with van der Waals surface area (Å²) in [4.78, 5) is 11.0. The van der Waals surface area contributed by atoms with Gasteiger partial charge in [-0.2, -0.15) is 0 Å². The molecule has 0 unspecified atom stereocenters. The van der Waals surface area contributed by atoms with Crippen LogP contribution >= 0.6 is 11.6 Å². The Morgan fingerprint density at radius 1 is 1.12 bits per heavy atom. The molecule has 2 rings (SSSR count). The number of hydrogen-bond acceptors (Lipinski definition) is 4. The van der Waals surface area contributed by atoms with Crippen LogP contribution in [0.3, 0.4) is 0 Å². The predicted octanol–water partition coefficient (Wildman–Crippen LogP) is 4.63. The molecular formula is C19H21ClO5. The van der Waals surface area contributed by atoms with Crippen molar-refractivity contribution in [2.24, 2.45) is 0 Å². The first kappa shape index (κ1) is 18.9. The second kappa shape index (κ2) is 8.62. The van der Waals surface area contributed by atoms with Gasteiger partial charge in [-0.25, -0.2) is 4.79 Å². The first-order valence-corrected chi connectivity index (χ1v) is 8.26. The van der Waals surface area contributed by atoms with E-state index in [4.69, 9.17) is 30.9 Å². The Balaban J connectivity index is 1.94. The second-order valence-corrected chi connectivity index (χ2v) is 6.12. The maximum Gasteiger partial charge on any atom is 0.335 e. The first-order valence-electron chi connectivity index (χ1n) is 7.88. The van der Waals surface area contributed by atoms with Crippen LogP contribution in [-0.2, 0) is 0 Å². The number of benzene rings is 2. The van der Waals surface area contributed by atoms with Gasteiger partial charge in [0.1, 0.15) is 19.0 Å². The Morgan fingerprint density at radius 2 is 1.76 bits per heavy atom. The van der Waals surface area contributed by atoms with Gasteiger partial charge < -0.3 is 19.3 Å². The van der Waals surface area contributed by atoms with E-state index in [0.29, 0.717) is 18.3 Å². The first-order chi connectivity index (χ1) is 11.9. The van der Waals surface area contributed by atoms with Crippen molar-refractivity contribution in [1.82, 2.24) is 0 Å². The fourth-order valence-electron chi connectivity index (χ4n) is 2.24. The van der Waals surface area contributed by atoms with Crippen LogP contribution in [0.1, 0.15) is 35.7 Å². The molecule has 0 aromatic heterocycles. The van der Waals surface area contributed by atoms with E-state index in [0.717, 1.165) is 5.75 Å². The summed E-state index contributed by atoms with van der Waals surface area (Å²) in [5, 5.41) is 9.22. The van der Waals surface area contributed by atoms with Crippen LogP contribution in [0.4, 0.5) is 0 Å². The van der Waals surface area contributed by atoms with Crippen LogP contribution in [0.15, 0.2) is 36.4 Å². The van der Waals surface area contributed by atoms with E-state index in [1.165, 1.54) is 24.8 Å².